The van der Waals surface area contributed by atoms with Crippen molar-refractivity contribution in [1.82, 2.24) is 14.8 Å². The van der Waals surface area contributed by atoms with Crippen LogP contribution in [0.25, 0.3) is 22.0 Å². The Balaban J connectivity index is 1.70. The molecule has 0 spiro atoms. The average molecular weight is 439 g/mol. The van der Waals surface area contributed by atoms with Crippen molar-refractivity contribution in [1.29, 1.82) is 0 Å². The Hall–Kier alpha value is -3.03. The first-order valence-electron chi connectivity index (χ1n) is 9.45. The molecule has 30 heavy (non-hydrogen) atoms. The van der Waals surface area contributed by atoms with Crippen molar-refractivity contribution >= 4 is 44.7 Å². The predicted molar refractivity (Wildman–Crippen MR) is 121 cm³/mol. The van der Waals surface area contributed by atoms with Gasteiger partial charge in [0, 0.05) is 27.9 Å². The van der Waals surface area contributed by atoms with Crippen molar-refractivity contribution in [3.63, 3.8) is 0 Å². The van der Waals surface area contributed by atoms with E-state index in [1.165, 1.54) is 16.0 Å². The molecule has 0 aliphatic rings. The summed E-state index contributed by atoms with van der Waals surface area (Å²) >= 11 is 7.55. The van der Waals surface area contributed by atoms with Gasteiger partial charge in [-0.15, -0.1) is 11.3 Å². The number of aromatic nitrogens is 3. The van der Waals surface area contributed by atoms with E-state index in [4.69, 9.17) is 11.6 Å². The van der Waals surface area contributed by atoms with Crippen LogP contribution >= 0.6 is 22.9 Å². The minimum atomic E-state index is -0.413. The van der Waals surface area contributed by atoms with Crippen LogP contribution in [0.5, 0.6) is 0 Å². The minimum absolute atomic E-state index is 0.195. The van der Waals surface area contributed by atoms with Crippen LogP contribution in [0.3, 0.4) is 0 Å². The number of rotatable bonds is 5. The molecule has 8 heteroatoms. The number of nitrogens with zero attached hydrogens (tertiary/aromatic N) is 3. The molecule has 4 rings (SSSR count). The van der Waals surface area contributed by atoms with E-state index < -0.39 is 5.91 Å². The van der Waals surface area contributed by atoms with E-state index in [9.17, 15) is 9.59 Å². The van der Waals surface area contributed by atoms with Crippen molar-refractivity contribution in [3.8, 4) is 11.3 Å². The SMILES string of the molecule is CC(C)Cn1nc(C(=O)Nc2nc(-c3ccccc3Cl)cs2)c2ccccc2c1=O. The van der Waals surface area contributed by atoms with Crippen molar-refractivity contribution in [3.05, 3.63) is 75.0 Å². The number of carbonyl (C=O) groups excluding carboxylic acids is 1. The Bertz CT molecular complexity index is 1300. The molecule has 0 unspecified atom stereocenters. The van der Waals surface area contributed by atoms with Crippen molar-refractivity contribution < 1.29 is 4.79 Å². The van der Waals surface area contributed by atoms with Crippen molar-refractivity contribution in [2.75, 3.05) is 5.32 Å². The van der Waals surface area contributed by atoms with Gasteiger partial charge < -0.3 is 0 Å². The first-order chi connectivity index (χ1) is 14.4. The number of fused-ring (bicyclic) bond motifs is 1. The van der Waals surface area contributed by atoms with Crippen LogP contribution in [0, 0.1) is 5.92 Å². The molecule has 0 atom stereocenters. The maximum atomic E-state index is 13.0. The topological polar surface area (TPSA) is 76.9 Å². The smallest absolute Gasteiger partial charge is 0.278 e. The summed E-state index contributed by atoms with van der Waals surface area (Å²) in [5.41, 5.74) is 1.47. The highest BCUT2D eigenvalue weighted by molar-refractivity contribution is 7.14. The van der Waals surface area contributed by atoms with E-state index in [1.54, 1.807) is 30.3 Å². The molecule has 0 radical (unpaired) electrons. The molecule has 1 amide bonds. The summed E-state index contributed by atoms with van der Waals surface area (Å²) in [5.74, 6) is -0.201. The second-order valence-electron chi connectivity index (χ2n) is 7.25. The van der Waals surface area contributed by atoms with Crippen molar-refractivity contribution in [2.45, 2.75) is 20.4 Å². The Morgan fingerprint density at radius 2 is 1.83 bits per heavy atom. The quantitative estimate of drug-likeness (QED) is 0.471. The molecule has 2 heterocycles. The Labute approximate surface area is 182 Å². The summed E-state index contributed by atoms with van der Waals surface area (Å²) in [4.78, 5) is 30.3. The maximum Gasteiger partial charge on any atom is 0.278 e. The van der Waals surface area contributed by atoms with Gasteiger partial charge in [0.2, 0.25) is 0 Å². The number of benzene rings is 2. The van der Waals surface area contributed by atoms with Crippen LogP contribution in [0.1, 0.15) is 24.3 Å². The first-order valence-corrected chi connectivity index (χ1v) is 10.7. The van der Waals surface area contributed by atoms with Gasteiger partial charge in [-0.05, 0) is 18.1 Å². The molecule has 152 valence electrons. The van der Waals surface area contributed by atoms with Gasteiger partial charge in [-0.3, -0.25) is 14.9 Å². The molecule has 4 aromatic rings. The van der Waals surface area contributed by atoms with Crippen LogP contribution in [0.2, 0.25) is 5.02 Å². The number of amides is 1. The first kappa shape index (κ1) is 20.3. The molecular formula is C22H19ClN4O2S. The summed E-state index contributed by atoms with van der Waals surface area (Å²) in [7, 11) is 0. The lowest BCUT2D eigenvalue weighted by molar-refractivity contribution is 0.102. The van der Waals surface area contributed by atoms with Crippen LogP contribution in [0.4, 0.5) is 5.13 Å². The number of anilines is 1. The number of nitrogens with one attached hydrogen (secondary N) is 1. The van der Waals surface area contributed by atoms with Crippen LogP contribution in [-0.4, -0.2) is 20.7 Å². The maximum absolute atomic E-state index is 13.0. The van der Waals surface area contributed by atoms with Crippen LogP contribution in [-0.2, 0) is 6.54 Å². The summed E-state index contributed by atoms with van der Waals surface area (Å²) in [6.07, 6.45) is 0. The lowest BCUT2D eigenvalue weighted by atomic mass is 10.1. The fraction of sp³-hybridized carbons (Fsp3) is 0.182. The van der Waals surface area contributed by atoms with Crippen LogP contribution in [0.15, 0.2) is 58.7 Å². The third-order valence-electron chi connectivity index (χ3n) is 4.50. The zero-order valence-electron chi connectivity index (χ0n) is 16.4. The Kier molecular flexibility index (Phi) is 5.65. The standard InChI is InChI=1S/C22H19ClN4O2S/c1-13(2)11-27-21(29)15-8-4-3-7-14(15)19(26-27)20(28)25-22-24-18(12-30-22)16-9-5-6-10-17(16)23/h3-10,12-13H,11H2,1-2H3,(H,24,25,28). The number of thiazole rings is 1. The highest BCUT2D eigenvalue weighted by Gasteiger charge is 2.18. The Morgan fingerprint density at radius 3 is 2.57 bits per heavy atom. The van der Waals surface area contributed by atoms with Gasteiger partial charge in [0.05, 0.1) is 11.1 Å². The van der Waals surface area contributed by atoms with E-state index in [-0.39, 0.29) is 17.2 Å². The molecule has 0 bridgehead atoms. The molecule has 0 saturated heterocycles. The molecule has 1 N–H and O–H groups in total. The lowest BCUT2D eigenvalue weighted by Gasteiger charge is -2.12. The minimum Gasteiger partial charge on any atom is -0.296 e. The zero-order chi connectivity index (χ0) is 21.3. The zero-order valence-corrected chi connectivity index (χ0v) is 18.0. The molecule has 6 nitrogen and oxygen atoms in total. The number of hydrogen-bond donors (Lipinski definition) is 1. The molecular weight excluding hydrogens is 420 g/mol. The number of halogens is 1. The van der Waals surface area contributed by atoms with Gasteiger partial charge in [0.1, 0.15) is 0 Å². The third kappa shape index (κ3) is 3.99. The fourth-order valence-corrected chi connectivity index (χ4v) is 4.09. The van der Waals surface area contributed by atoms with Gasteiger partial charge in [0.15, 0.2) is 10.8 Å². The highest BCUT2D eigenvalue weighted by atomic mass is 35.5. The van der Waals surface area contributed by atoms with E-state index in [0.717, 1.165) is 5.56 Å². The molecule has 0 aliphatic heterocycles. The second-order valence-corrected chi connectivity index (χ2v) is 8.51. The lowest BCUT2D eigenvalue weighted by Crippen LogP contribution is -2.29. The predicted octanol–water partition coefficient (Wildman–Crippen LogP) is 5.08. The van der Waals surface area contributed by atoms with Gasteiger partial charge in [-0.1, -0.05) is 61.8 Å². The van der Waals surface area contributed by atoms with Gasteiger partial charge in [0.25, 0.3) is 11.5 Å². The van der Waals surface area contributed by atoms with E-state index >= 15 is 0 Å². The molecule has 2 aromatic carbocycles. The van der Waals surface area contributed by atoms with Crippen LogP contribution < -0.4 is 10.9 Å². The number of carbonyl (C=O) groups is 1. The highest BCUT2D eigenvalue weighted by Crippen LogP contribution is 2.30. The van der Waals surface area contributed by atoms with E-state index in [1.807, 2.05) is 37.4 Å². The summed E-state index contributed by atoms with van der Waals surface area (Å²) < 4.78 is 1.36. The molecule has 0 saturated carbocycles. The fourth-order valence-electron chi connectivity index (χ4n) is 3.15. The molecule has 2 aromatic heterocycles. The van der Waals surface area contributed by atoms with Gasteiger partial charge >= 0.3 is 0 Å². The van der Waals surface area contributed by atoms with E-state index in [0.29, 0.717) is 33.2 Å². The average Bonchev–Trinajstić information content (AvgIpc) is 3.18. The van der Waals surface area contributed by atoms with Gasteiger partial charge in [-0.2, -0.15) is 5.10 Å². The van der Waals surface area contributed by atoms with Gasteiger partial charge in [-0.25, -0.2) is 9.67 Å². The monoisotopic (exact) mass is 438 g/mol. The van der Waals surface area contributed by atoms with E-state index in [2.05, 4.69) is 15.4 Å². The largest absolute Gasteiger partial charge is 0.296 e. The third-order valence-corrected chi connectivity index (χ3v) is 5.58. The normalized spacial score (nSPS) is 11.2. The Morgan fingerprint density at radius 1 is 1.13 bits per heavy atom. The molecule has 0 fully saturated rings. The second kappa shape index (κ2) is 8.38. The summed E-state index contributed by atoms with van der Waals surface area (Å²) in [6.45, 7) is 4.42. The summed E-state index contributed by atoms with van der Waals surface area (Å²) in [5, 5.41) is 11.0. The summed E-state index contributed by atoms with van der Waals surface area (Å²) in [6, 6.07) is 14.4. The number of hydrogen-bond acceptors (Lipinski definition) is 5. The van der Waals surface area contributed by atoms with Crippen molar-refractivity contribution in [2.24, 2.45) is 5.92 Å². The molecule has 0 aliphatic carbocycles.